The third kappa shape index (κ3) is 3.22. The highest BCUT2D eigenvalue weighted by molar-refractivity contribution is 6.31. The van der Waals surface area contributed by atoms with Gasteiger partial charge in [0.05, 0.1) is 12.7 Å². The molecular formula is C15H14ClNO3. The predicted octanol–water partition coefficient (Wildman–Crippen LogP) is 3.66. The van der Waals surface area contributed by atoms with Crippen LogP contribution < -0.4 is 10.1 Å². The van der Waals surface area contributed by atoms with Gasteiger partial charge in [-0.2, -0.15) is 0 Å². The van der Waals surface area contributed by atoms with E-state index < -0.39 is 5.97 Å². The molecule has 0 saturated heterocycles. The number of hydrogen-bond donors (Lipinski definition) is 2. The number of nitrogens with one attached hydrogen (secondary N) is 1. The summed E-state index contributed by atoms with van der Waals surface area (Å²) in [7, 11) is 1.60. The Morgan fingerprint density at radius 1 is 1.30 bits per heavy atom. The van der Waals surface area contributed by atoms with Crippen molar-refractivity contribution in [3.8, 4) is 5.75 Å². The molecule has 0 spiro atoms. The van der Waals surface area contributed by atoms with Crippen LogP contribution in [0.15, 0.2) is 42.5 Å². The minimum atomic E-state index is -1.02. The predicted molar refractivity (Wildman–Crippen MR) is 78.7 cm³/mol. The molecule has 0 amide bonds. The van der Waals surface area contributed by atoms with E-state index in [1.54, 1.807) is 19.2 Å². The minimum Gasteiger partial charge on any atom is -0.496 e. The lowest BCUT2D eigenvalue weighted by Crippen LogP contribution is -2.07. The van der Waals surface area contributed by atoms with Crippen LogP contribution in [0, 0.1) is 0 Å². The molecule has 0 saturated carbocycles. The Morgan fingerprint density at radius 3 is 2.75 bits per heavy atom. The summed E-state index contributed by atoms with van der Waals surface area (Å²) in [6.45, 7) is 0.464. The molecular weight excluding hydrogens is 278 g/mol. The van der Waals surface area contributed by atoms with Crippen molar-refractivity contribution in [1.82, 2.24) is 0 Å². The number of carboxylic acids is 1. The van der Waals surface area contributed by atoms with Gasteiger partial charge in [0.1, 0.15) is 5.75 Å². The molecule has 0 bridgehead atoms. The molecule has 0 aliphatic carbocycles. The molecule has 2 N–H and O–H groups in total. The van der Waals surface area contributed by atoms with Crippen molar-refractivity contribution < 1.29 is 14.6 Å². The lowest BCUT2D eigenvalue weighted by molar-refractivity contribution is 0.0698. The first-order chi connectivity index (χ1) is 9.61. The second kappa shape index (κ2) is 6.30. The van der Waals surface area contributed by atoms with Crippen molar-refractivity contribution >= 4 is 23.3 Å². The molecule has 0 heterocycles. The number of hydrogen-bond acceptors (Lipinski definition) is 3. The van der Waals surface area contributed by atoms with Crippen LogP contribution in [0.1, 0.15) is 15.9 Å². The van der Waals surface area contributed by atoms with Gasteiger partial charge < -0.3 is 15.2 Å². The Labute approximate surface area is 122 Å². The number of benzene rings is 2. The summed E-state index contributed by atoms with van der Waals surface area (Å²) < 4.78 is 5.25. The minimum absolute atomic E-state index is 0.146. The van der Waals surface area contributed by atoms with Crippen molar-refractivity contribution in [2.45, 2.75) is 6.54 Å². The van der Waals surface area contributed by atoms with Crippen LogP contribution in [-0.2, 0) is 6.54 Å². The zero-order valence-corrected chi connectivity index (χ0v) is 11.6. The fourth-order valence-corrected chi connectivity index (χ4v) is 2.06. The van der Waals surface area contributed by atoms with Gasteiger partial charge in [0.2, 0.25) is 0 Å². The number of halogens is 1. The van der Waals surface area contributed by atoms with Crippen molar-refractivity contribution in [2.24, 2.45) is 0 Å². The van der Waals surface area contributed by atoms with E-state index in [1.165, 1.54) is 6.07 Å². The number of aromatic carboxylic acids is 1. The molecule has 2 aromatic carbocycles. The number of rotatable bonds is 5. The summed E-state index contributed by atoms with van der Waals surface area (Å²) in [5, 5.41) is 12.7. The van der Waals surface area contributed by atoms with Gasteiger partial charge in [-0.3, -0.25) is 0 Å². The summed E-state index contributed by atoms with van der Waals surface area (Å²) in [6, 6.07) is 12.3. The molecule has 2 rings (SSSR count). The standard InChI is InChI=1S/C15H14ClNO3/c1-20-14-5-3-2-4-10(14)9-17-13-7-6-11(16)8-12(13)15(18)19/h2-8,17H,9H2,1H3,(H,18,19). The van der Waals surface area contributed by atoms with Gasteiger partial charge in [-0.05, 0) is 24.3 Å². The van der Waals surface area contributed by atoms with E-state index in [4.69, 9.17) is 21.4 Å². The molecule has 20 heavy (non-hydrogen) atoms. The summed E-state index contributed by atoms with van der Waals surface area (Å²) in [5.41, 5.74) is 1.61. The third-order valence-corrected chi connectivity index (χ3v) is 3.11. The van der Waals surface area contributed by atoms with Gasteiger partial charge in [0, 0.05) is 22.8 Å². The van der Waals surface area contributed by atoms with Crippen molar-refractivity contribution in [3.05, 3.63) is 58.6 Å². The highest BCUT2D eigenvalue weighted by Gasteiger charge is 2.11. The Morgan fingerprint density at radius 2 is 2.05 bits per heavy atom. The van der Waals surface area contributed by atoms with Crippen molar-refractivity contribution in [1.29, 1.82) is 0 Å². The number of carboxylic acid groups (broad SMARTS) is 1. The van der Waals surface area contributed by atoms with E-state index in [2.05, 4.69) is 5.32 Å². The molecule has 0 aliphatic rings. The Bertz CT molecular complexity index is 628. The van der Waals surface area contributed by atoms with Gasteiger partial charge in [0.25, 0.3) is 0 Å². The highest BCUT2D eigenvalue weighted by Crippen LogP contribution is 2.23. The molecule has 4 nitrogen and oxygen atoms in total. The first-order valence-electron chi connectivity index (χ1n) is 6.00. The molecule has 0 unspecified atom stereocenters. The van der Waals surface area contributed by atoms with E-state index >= 15 is 0 Å². The number of methoxy groups -OCH3 is 1. The normalized spacial score (nSPS) is 10.1. The number of anilines is 1. The second-order valence-corrected chi connectivity index (χ2v) is 4.60. The van der Waals surface area contributed by atoms with E-state index in [-0.39, 0.29) is 5.56 Å². The molecule has 5 heteroatoms. The molecule has 104 valence electrons. The van der Waals surface area contributed by atoms with Gasteiger partial charge in [-0.1, -0.05) is 29.8 Å². The van der Waals surface area contributed by atoms with E-state index in [1.807, 2.05) is 24.3 Å². The molecule has 0 atom stereocenters. The van der Waals surface area contributed by atoms with Crippen LogP contribution in [-0.4, -0.2) is 18.2 Å². The Kier molecular flexibility index (Phi) is 4.48. The Hall–Kier alpha value is -2.20. The fraction of sp³-hybridized carbons (Fsp3) is 0.133. The SMILES string of the molecule is COc1ccccc1CNc1ccc(Cl)cc1C(=O)O. The average Bonchev–Trinajstić information content (AvgIpc) is 2.46. The van der Waals surface area contributed by atoms with Crippen LogP contribution in [0.25, 0.3) is 0 Å². The maximum absolute atomic E-state index is 11.2. The fourth-order valence-electron chi connectivity index (χ4n) is 1.89. The topological polar surface area (TPSA) is 58.6 Å². The zero-order valence-electron chi connectivity index (χ0n) is 10.9. The number of ether oxygens (including phenoxy) is 1. The first kappa shape index (κ1) is 14.2. The van der Waals surface area contributed by atoms with Crippen molar-refractivity contribution in [3.63, 3.8) is 0 Å². The quantitative estimate of drug-likeness (QED) is 0.882. The van der Waals surface area contributed by atoms with Gasteiger partial charge in [0.15, 0.2) is 0 Å². The van der Waals surface area contributed by atoms with Crippen LogP contribution in [0.3, 0.4) is 0 Å². The van der Waals surface area contributed by atoms with Crippen LogP contribution >= 0.6 is 11.6 Å². The lowest BCUT2D eigenvalue weighted by Gasteiger charge is -2.12. The van der Waals surface area contributed by atoms with Crippen molar-refractivity contribution in [2.75, 3.05) is 12.4 Å². The number of para-hydroxylation sites is 1. The summed E-state index contributed by atoms with van der Waals surface area (Å²) in [4.78, 5) is 11.2. The van der Waals surface area contributed by atoms with Gasteiger partial charge >= 0.3 is 5.97 Å². The lowest BCUT2D eigenvalue weighted by atomic mass is 10.1. The van der Waals surface area contributed by atoms with Gasteiger partial charge in [-0.15, -0.1) is 0 Å². The average molecular weight is 292 g/mol. The zero-order chi connectivity index (χ0) is 14.5. The summed E-state index contributed by atoms with van der Waals surface area (Å²) in [5.74, 6) is -0.263. The molecule has 0 radical (unpaired) electrons. The van der Waals surface area contributed by atoms with E-state index in [0.717, 1.165) is 11.3 Å². The van der Waals surface area contributed by atoms with Gasteiger partial charge in [-0.25, -0.2) is 4.79 Å². The third-order valence-electron chi connectivity index (χ3n) is 2.87. The molecule has 0 fully saturated rings. The maximum Gasteiger partial charge on any atom is 0.337 e. The molecule has 0 aromatic heterocycles. The van der Waals surface area contributed by atoms with Crippen LogP contribution in [0.4, 0.5) is 5.69 Å². The maximum atomic E-state index is 11.2. The summed E-state index contributed by atoms with van der Waals surface area (Å²) >= 11 is 5.81. The van der Waals surface area contributed by atoms with E-state index in [0.29, 0.717) is 17.3 Å². The number of carbonyl (C=O) groups is 1. The molecule has 0 aliphatic heterocycles. The van der Waals surface area contributed by atoms with Crippen LogP contribution in [0.5, 0.6) is 5.75 Å². The largest absolute Gasteiger partial charge is 0.496 e. The molecule has 2 aromatic rings. The monoisotopic (exact) mass is 291 g/mol. The second-order valence-electron chi connectivity index (χ2n) is 4.16. The van der Waals surface area contributed by atoms with Crippen LogP contribution in [0.2, 0.25) is 5.02 Å². The highest BCUT2D eigenvalue weighted by atomic mass is 35.5. The summed E-state index contributed by atoms with van der Waals surface area (Å²) in [6.07, 6.45) is 0. The Balaban J connectivity index is 2.21. The smallest absolute Gasteiger partial charge is 0.337 e. The first-order valence-corrected chi connectivity index (χ1v) is 6.38. The van der Waals surface area contributed by atoms with E-state index in [9.17, 15) is 4.79 Å².